The lowest BCUT2D eigenvalue weighted by Gasteiger charge is -2.16. The molecular weight excluding hydrogens is 424 g/mol. The number of H-pyrrole nitrogens is 1. The van der Waals surface area contributed by atoms with Crippen LogP contribution < -0.4 is 5.32 Å². The van der Waals surface area contributed by atoms with Crippen LogP contribution in [0.1, 0.15) is 30.7 Å². The first-order chi connectivity index (χ1) is 15.9. The summed E-state index contributed by atoms with van der Waals surface area (Å²) in [6, 6.07) is 8.73. The Kier molecular flexibility index (Phi) is 5.09. The summed E-state index contributed by atoms with van der Waals surface area (Å²) >= 11 is 0. The number of nitrogens with one attached hydrogen (secondary N) is 2. The van der Waals surface area contributed by atoms with Crippen molar-refractivity contribution in [1.29, 1.82) is 0 Å². The van der Waals surface area contributed by atoms with E-state index in [2.05, 4.69) is 35.6 Å². The fourth-order valence-corrected chi connectivity index (χ4v) is 3.74. The number of rotatable bonds is 6. The number of nitrogens with zero attached hydrogens (tertiary/aromatic N) is 6. The van der Waals surface area contributed by atoms with Gasteiger partial charge in [-0.25, -0.2) is 15.0 Å². The molecule has 1 aliphatic rings. The Bertz CT molecular complexity index is 1290. The first-order valence-electron chi connectivity index (χ1n) is 10.5. The number of likely N-dealkylation sites (tertiary alicyclic amines) is 1. The van der Waals surface area contributed by atoms with Gasteiger partial charge in [-0.15, -0.1) is 0 Å². The summed E-state index contributed by atoms with van der Waals surface area (Å²) in [4.78, 5) is 27.3. The number of amides is 1. The van der Waals surface area contributed by atoms with Gasteiger partial charge < -0.3 is 19.8 Å². The summed E-state index contributed by atoms with van der Waals surface area (Å²) in [5.41, 5.74) is 1.49. The molecule has 4 aromatic heterocycles. The van der Waals surface area contributed by atoms with Crippen LogP contribution in [0, 0.1) is 0 Å². The predicted molar refractivity (Wildman–Crippen MR) is 118 cm³/mol. The second-order valence-electron chi connectivity index (χ2n) is 7.98. The molecule has 1 amide bonds. The molecule has 0 aliphatic carbocycles. The second-order valence-corrected chi connectivity index (χ2v) is 7.98. The number of hydrogen-bond acceptors (Lipinski definition) is 9. The highest BCUT2D eigenvalue weighted by Crippen LogP contribution is 2.34. The van der Waals surface area contributed by atoms with Crippen molar-refractivity contribution in [3.63, 3.8) is 0 Å². The van der Waals surface area contributed by atoms with Crippen LogP contribution in [0.25, 0.3) is 22.8 Å². The third-order valence-electron chi connectivity index (χ3n) is 5.72. The monoisotopic (exact) mass is 446 g/mol. The van der Waals surface area contributed by atoms with Gasteiger partial charge >= 0.3 is 0 Å². The molecule has 11 heteroatoms. The van der Waals surface area contributed by atoms with Crippen molar-refractivity contribution >= 4 is 11.9 Å². The highest BCUT2D eigenvalue weighted by Gasteiger charge is 2.48. The zero-order valence-electron chi connectivity index (χ0n) is 18.1. The quantitative estimate of drug-likeness (QED) is 0.405. The minimum atomic E-state index is -1.70. The maximum Gasteiger partial charge on any atom is 0.262 e. The van der Waals surface area contributed by atoms with Gasteiger partial charge in [0.15, 0.2) is 5.76 Å². The third-order valence-corrected chi connectivity index (χ3v) is 5.72. The SMILES string of the molecule is C[C@@H](Nc1nccc(-c2cccc(-c3cc(C4(O)CCN(C)C4=O)on3)n2)n1)c1cn[nH]c1. The number of carbonyl (C=O) groups is 1. The smallest absolute Gasteiger partial charge is 0.262 e. The normalized spacial score (nSPS) is 19.1. The predicted octanol–water partition coefficient (Wildman–Crippen LogP) is 2.14. The highest BCUT2D eigenvalue weighted by molar-refractivity contribution is 5.87. The molecule has 0 saturated carbocycles. The molecule has 5 heterocycles. The number of carbonyl (C=O) groups excluding carboxylic acids is 1. The molecule has 1 saturated heterocycles. The minimum Gasteiger partial charge on any atom is -0.373 e. The number of aliphatic hydroxyl groups is 1. The van der Waals surface area contributed by atoms with Crippen molar-refractivity contribution < 1.29 is 14.4 Å². The average molecular weight is 446 g/mol. The van der Waals surface area contributed by atoms with E-state index < -0.39 is 11.5 Å². The van der Waals surface area contributed by atoms with E-state index in [0.717, 1.165) is 5.56 Å². The van der Waals surface area contributed by atoms with Gasteiger partial charge in [0.2, 0.25) is 11.5 Å². The minimum absolute atomic E-state index is 0.0324. The first-order valence-corrected chi connectivity index (χ1v) is 10.5. The van der Waals surface area contributed by atoms with Gasteiger partial charge in [0, 0.05) is 44.0 Å². The zero-order chi connectivity index (χ0) is 23.0. The van der Waals surface area contributed by atoms with Gasteiger partial charge in [0.1, 0.15) is 5.69 Å². The highest BCUT2D eigenvalue weighted by atomic mass is 16.5. The third kappa shape index (κ3) is 3.82. The lowest BCUT2D eigenvalue weighted by Crippen LogP contribution is -2.35. The van der Waals surface area contributed by atoms with Crippen LogP contribution in [-0.4, -0.2) is 59.8 Å². The molecule has 0 radical (unpaired) electrons. The van der Waals surface area contributed by atoms with Crippen LogP contribution in [0.5, 0.6) is 0 Å². The van der Waals surface area contributed by atoms with Crippen molar-refractivity contribution in [3.8, 4) is 22.8 Å². The molecule has 4 aromatic rings. The van der Waals surface area contributed by atoms with E-state index >= 15 is 0 Å². The topological polar surface area (TPSA) is 146 Å². The molecule has 5 rings (SSSR count). The Morgan fingerprint density at radius 1 is 1.21 bits per heavy atom. The van der Waals surface area contributed by atoms with E-state index in [0.29, 0.717) is 35.3 Å². The van der Waals surface area contributed by atoms with E-state index in [-0.39, 0.29) is 18.2 Å². The van der Waals surface area contributed by atoms with Gasteiger partial charge in [-0.05, 0) is 25.1 Å². The fraction of sp³-hybridized carbons (Fsp3) is 0.273. The molecule has 1 aliphatic heterocycles. The zero-order valence-corrected chi connectivity index (χ0v) is 18.1. The number of aromatic nitrogens is 6. The van der Waals surface area contributed by atoms with Crippen LogP contribution in [0.15, 0.2) is 53.4 Å². The fourth-order valence-electron chi connectivity index (χ4n) is 3.74. The Balaban J connectivity index is 1.39. The second kappa shape index (κ2) is 8.10. The lowest BCUT2D eigenvalue weighted by molar-refractivity contribution is -0.144. The lowest BCUT2D eigenvalue weighted by atomic mass is 9.98. The van der Waals surface area contributed by atoms with E-state index in [9.17, 15) is 9.90 Å². The van der Waals surface area contributed by atoms with Gasteiger partial charge in [-0.2, -0.15) is 5.10 Å². The molecular formula is C22H22N8O3. The molecule has 1 unspecified atom stereocenters. The Morgan fingerprint density at radius 2 is 2.00 bits per heavy atom. The van der Waals surface area contributed by atoms with E-state index in [1.165, 1.54) is 4.90 Å². The molecule has 3 N–H and O–H groups in total. The Morgan fingerprint density at radius 3 is 2.73 bits per heavy atom. The molecule has 11 nitrogen and oxygen atoms in total. The van der Waals surface area contributed by atoms with Gasteiger partial charge in [0.05, 0.1) is 29.3 Å². The van der Waals surface area contributed by atoms with E-state index in [1.807, 2.05) is 25.3 Å². The van der Waals surface area contributed by atoms with Gasteiger partial charge in [0.25, 0.3) is 5.91 Å². The van der Waals surface area contributed by atoms with Crippen LogP contribution in [0.4, 0.5) is 5.95 Å². The number of likely N-dealkylation sites (N-methyl/N-ethyl adjacent to an activating group) is 1. The standard InChI is InChI=1S/C22H22N8O3/c1-13(14-11-24-25-12-14)26-21-23-8-6-17(28-21)15-4-3-5-16(27-15)18-10-19(33-29-18)22(32)7-9-30(2)20(22)31/h3-6,8,10-13,32H,7,9H2,1-2H3,(H,24,25)(H,23,26,28)/t13-,22?/m1/s1. The average Bonchev–Trinajstić information content (AvgIpc) is 3.59. The van der Waals surface area contributed by atoms with Crippen LogP contribution in [-0.2, 0) is 10.4 Å². The molecule has 0 aromatic carbocycles. The van der Waals surface area contributed by atoms with Crippen molar-refractivity contribution in [2.24, 2.45) is 0 Å². The van der Waals surface area contributed by atoms with Gasteiger partial charge in [-0.3, -0.25) is 9.89 Å². The molecule has 2 atom stereocenters. The van der Waals surface area contributed by atoms with E-state index in [4.69, 9.17) is 4.52 Å². The summed E-state index contributed by atoms with van der Waals surface area (Å²) in [5.74, 6) is 0.168. The Labute approximate surface area is 188 Å². The van der Waals surface area contributed by atoms with Crippen LogP contribution in [0.2, 0.25) is 0 Å². The maximum absolute atomic E-state index is 12.3. The summed E-state index contributed by atoms with van der Waals surface area (Å²) < 4.78 is 5.34. The van der Waals surface area contributed by atoms with Crippen molar-refractivity contribution in [2.75, 3.05) is 18.9 Å². The number of pyridine rings is 1. The molecule has 0 bridgehead atoms. The summed E-state index contributed by atoms with van der Waals surface area (Å²) in [7, 11) is 1.64. The van der Waals surface area contributed by atoms with Crippen LogP contribution in [0.3, 0.4) is 0 Å². The summed E-state index contributed by atoms with van der Waals surface area (Å²) in [6.45, 7) is 2.44. The molecule has 0 spiro atoms. The van der Waals surface area contributed by atoms with E-state index in [1.54, 1.807) is 37.6 Å². The number of hydrogen-bond donors (Lipinski definition) is 3. The summed E-state index contributed by atoms with van der Waals surface area (Å²) in [5, 5.41) is 24.8. The Hall–Kier alpha value is -4.12. The first kappa shape index (κ1) is 20.8. The molecule has 1 fully saturated rings. The number of aromatic amines is 1. The van der Waals surface area contributed by atoms with Crippen molar-refractivity contribution in [1.82, 2.24) is 35.2 Å². The molecule has 33 heavy (non-hydrogen) atoms. The number of anilines is 1. The summed E-state index contributed by atoms with van der Waals surface area (Å²) in [6.07, 6.45) is 5.46. The molecule has 168 valence electrons. The van der Waals surface area contributed by atoms with Crippen molar-refractivity contribution in [3.05, 3.63) is 60.2 Å². The van der Waals surface area contributed by atoms with Gasteiger partial charge in [-0.1, -0.05) is 11.2 Å². The van der Waals surface area contributed by atoms with Crippen LogP contribution >= 0.6 is 0 Å². The maximum atomic E-state index is 12.3. The largest absolute Gasteiger partial charge is 0.373 e. The van der Waals surface area contributed by atoms with Crippen molar-refractivity contribution in [2.45, 2.75) is 25.0 Å².